The molecule has 1 aromatic rings. The number of hydrogen-bond donors (Lipinski definition) is 1. The highest BCUT2D eigenvalue weighted by molar-refractivity contribution is 5.30. The Labute approximate surface area is 122 Å². The summed E-state index contributed by atoms with van der Waals surface area (Å²) in [6.45, 7) is 11.4. The molecule has 2 nitrogen and oxygen atoms in total. The molecular weight excluding hydrogens is 251 g/mol. The van der Waals surface area contributed by atoms with Crippen LogP contribution < -0.4 is 5.32 Å². The van der Waals surface area contributed by atoms with Gasteiger partial charge in [0, 0.05) is 18.6 Å². The second kappa shape index (κ2) is 6.68. The van der Waals surface area contributed by atoms with Crippen molar-refractivity contribution in [1.82, 2.24) is 10.2 Å². The van der Waals surface area contributed by atoms with E-state index in [9.17, 15) is 4.39 Å². The largest absolute Gasteiger partial charge is 0.310 e. The molecule has 0 saturated carbocycles. The first-order chi connectivity index (χ1) is 9.47. The summed E-state index contributed by atoms with van der Waals surface area (Å²) in [5, 5.41) is 3.62. The van der Waals surface area contributed by atoms with Crippen LogP contribution in [0.1, 0.15) is 43.4 Å². The Morgan fingerprint density at radius 3 is 2.25 bits per heavy atom. The van der Waals surface area contributed by atoms with Crippen molar-refractivity contribution >= 4 is 0 Å². The molecule has 0 spiro atoms. The van der Waals surface area contributed by atoms with Gasteiger partial charge >= 0.3 is 0 Å². The third kappa shape index (κ3) is 3.80. The summed E-state index contributed by atoms with van der Waals surface area (Å²) in [6.07, 6.45) is 2.41. The fraction of sp³-hybridized carbons (Fsp3) is 0.647. The van der Waals surface area contributed by atoms with Crippen molar-refractivity contribution in [3.63, 3.8) is 0 Å². The van der Waals surface area contributed by atoms with E-state index in [2.05, 4.69) is 24.1 Å². The molecule has 0 atom stereocenters. The van der Waals surface area contributed by atoms with Crippen LogP contribution in [0.5, 0.6) is 0 Å². The fourth-order valence-corrected chi connectivity index (χ4v) is 3.02. The summed E-state index contributed by atoms with van der Waals surface area (Å²) in [6, 6.07) is 5.16. The van der Waals surface area contributed by atoms with E-state index < -0.39 is 0 Å². The van der Waals surface area contributed by atoms with E-state index in [1.165, 1.54) is 31.5 Å². The van der Waals surface area contributed by atoms with Crippen molar-refractivity contribution < 1.29 is 4.39 Å². The van der Waals surface area contributed by atoms with Gasteiger partial charge in [0.1, 0.15) is 5.82 Å². The molecule has 0 unspecified atom stereocenters. The van der Waals surface area contributed by atoms with Crippen LogP contribution in [0.4, 0.5) is 4.39 Å². The monoisotopic (exact) mass is 278 g/mol. The first kappa shape index (κ1) is 15.5. The molecule has 1 N–H and O–H groups in total. The van der Waals surface area contributed by atoms with Crippen LogP contribution in [0.15, 0.2) is 12.1 Å². The fourth-order valence-electron chi connectivity index (χ4n) is 3.02. The van der Waals surface area contributed by atoms with Gasteiger partial charge in [0.15, 0.2) is 0 Å². The maximum atomic E-state index is 13.6. The number of hydrogen-bond acceptors (Lipinski definition) is 2. The van der Waals surface area contributed by atoms with E-state index in [-0.39, 0.29) is 5.82 Å². The molecule has 0 aliphatic carbocycles. The molecule has 1 aromatic carbocycles. The second-order valence-corrected chi connectivity index (χ2v) is 6.33. The number of nitrogens with one attached hydrogen (secondary N) is 1. The van der Waals surface area contributed by atoms with Crippen molar-refractivity contribution in [1.29, 1.82) is 0 Å². The summed E-state index contributed by atoms with van der Waals surface area (Å²) >= 11 is 0. The van der Waals surface area contributed by atoms with Crippen molar-refractivity contribution in [2.75, 3.05) is 13.1 Å². The van der Waals surface area contributed by atoms with Gasteiger partial charge in [0.05, 0.1) is 0 Å². The summed E-state index contributed by atoms with van der Waals surface area (Å²) in [7, 11) is 0. The Morgan fingerprint density at radius 2 is 1.75 bits per heavy atom. The standard InChI is InChI=1S/C17H27FN2/c1-12(2)20-7-5-16(6-8-20)19-11-15-9-13(3)17(18)14(4)10-15/h9-10,12,16,19H,5-8,11H2,1-4H3. The average Bonchev–Trinajstić information content (AvgIpc) is 2.42. The maximum Gasteiger partial charge on any atom is 0.129 e. The number of halogens is 1. The summed E-state index contributed by atoms with van der Waals surface area (Å²) in [5.41, 5.74) is 2.68. The summed E-state index contributed by atoms with van der Waals surface area (Å²) in [4.78, 5) is 2.53. The van der Waals surface area contributed by atoms with Gasteiger partial charge in [-0.3, -0.25) is 0 Å². The molecule has 1 saturated heterocycles. The molecule has 3 heteroatoms. The minimum atomic E-state index is -0.0704. The first-order valence-electron chi connectivity index (χ1n) is 7.70. The van der Waals surface area contributed by atoms with Gasteiger partial charge in [-0.25, -0.2) is 4.39 Å². The second-order valence-electron chi connectivity index (χ2n) is 6.33. The van der Waals surface area contributed by atoms with Crippen molar-refractivity contribution in [3.8, 4) is 0 Å². The molecule has 20 heavy (non-hydrogen) atoms. The third-order valence-electron chi connectivity index (χ3n) is 4.35. The predicted octanol–water partition coefficient (Wildman–Crippen LogP) is 3.40. The van der Waals surface area contributed by atoms with Gasteiger partial charge in [-0.2, -0.15) is 0 Å². The Morgan fingerprint density at radius 1 is 1.20 bits per heavy atom. The van der Waals surface area contributed by atoms with Gasteiger partial charge in [-0.15, -0.1) is 0 Å². The average molecular weight is 278 g/mol. The molecule has 112 valence electrons. The van der Waals surface area contributed by atoms with Crippen molar-refractivity contribution in [2.45, 2.75) is 59.2 Å². The molecule has 0 radical (unpaired) electrons. The predicted molar refractivity (Wildman–Crippen MR) is 82.4 cm³/mol. The SMILES string of the molecule is Cc1cc(CNC2CCN(C(C)C)CC2)cc(C)c1F. The molecule has 1 aliphatic rings. The van der Waals surface area contributed by atoms with E-state index in [1.807, 2.05) is 26.0 Å². The Balaban J connectivity index is 1.85. The molecule has 0 bridgehead atoms. The zero-order valence-electron chi connectivity index (χ0n) is 13.2. The normalized spacial score (nSPS) is 17.9. The molecule has 2 rings (SSSR count). The minimum Gasteiger partial charge on any atom is -0.310 e. The van der Waals surface area contributed by atoms with E-state index >= 15 is 0 Å². The number of nitrogens with zero attached hydrogens (tertiary/aromatic N) is 1. The van der Waals surface area contributed by atoms with Gasteiger partial charge in [0.25, 0.3) is 0 Å². The van der Waals surface area contributed by atoms with E-state index in [4.69, 9.17) is 0 Å². The van der Waals surface area contributed by atoms with Crippen LogP contribution in [-0.4, -0.2) is 30.1 Å². The highest BCUT2D eigenvalue weighted by atomic mass is 19.1. The number of likely N-dealkylation sites (tertiary alicyclic amines) is 1. The number of aryl methyl sites for hydroxylation is 2. The van der Waals surface area contributed by atoms with Crippen LogP contribution in [0.25, 0.3) is 0 Å². The van der Waals surface area contributed by atoms with Gasteiger partial charge in [-0.05, 0) is 70.3 Å². The topological polar surface area (TPSA) is 15.3 Å². The smallest absolute Gasteiger partial charge is 0.129 e. The maximum absolute atomic E-state index is 13.6. The van der Waals surface area contributed by atoms with Crippen LogP contribution in [-0.2, 0) is 6.54 Å². The van der Waals surface area contributed by atoms with E-state index in [0.29, 0.717) is 12.1 Å². The lowest BCUT2D eigenvalue weighted by atomic mass is 10.0. The van der Waals surface area contributed by atoms with Crippen LogP contribution in [0.2, 0.25) is 0 Å². The van der Waals surface area contributed by atoms with Crippen molar-refractivity contribution in [3.05, 3.63) is 34.6 Å². The van der Waals surface area contributed by atoms with Crippen LogP contribution >= 0.6 is 0 Å². The molecule has 1 heterocycles. The van der Waals surface area contributed by atoms with Crippen LogP contribution in [0.3, 0.4) is 0 Å². The molecule has 0 amide bonds. The molecule has 1 aliphatic heterocycles. The molecule has 0 aromatic heterocycles. The van der Waals surface area contributed by atoms with Gasteiger partial charge < -0.3 is 10.2 Å². The van der Waals surface area contributed by atoms with E-state index in [1.54, 1.807) is 0 Å². The number of piperidine rings is 1. The minimum absolute atomic E-state index is 0.0704. The highest BCUT2D eigenvalue weighted by Crippen LogP contribution is 2.16. The molecular formula is C17H27FN2. The lowest BCUT2D eigenvalue weighted by molar-refractivity contribution is 0.161. The molecule has 1 fully saturated rings. The number of rotatable bonds is 4. The lowest BCUT2D eigenvalue weighted by Gasteiger charge is -2.35. The van der Waals surface area contributed by atoms with Crippen LogP contribution in [0, 0.1) is 19.7 Å². The number of benzene rings is 1. The first-order valence-corrected chi connectivity index (χ1v) is 7.70. The highest BCUT2D eigenvalue weighted by Gasteiger charge is 2.20. The Hall–Kier alpha value is -0.930. The zero-order chi connectivity index (χ0) is 14.7. The van der Waals surface area contributed by atoms with E-state index in [0.717, 1.165) is 17.7 Å². The Kier molecular flexibility index (Phi) is 5.17. The Bertz CT molecular complexity index is 425. The third-order valence-corrected chi connectivity index (χ3v) is 4.35. The van der Waals surface area contributed by atoms with Crippen molar-refractivity contribution in [2.24, 2.45) is 0 Å². The quantitative estimate of drug-likeness (QED) is 0.908. The zero-order valence-corrected chi connectivity index (χ0v) is 13.2. The van der Waals surface area contributed by atoms with Gasteiger partial charge in [0.2, 0.25) is 0 Å². The summed E-state index contributed by atoms with van der Waals surface area (Å²) < 4.78 is 13.6. The lowest BCUT2D eigenvalue weighted by Crippen LogP contribution is -2.44. The van der Waals surface area contributed by atoms with Gasteiger partial charge in [-0.1, -0.05) is 12.1 Å². The summed E-state index contributed by atoms with van der Waals surface area (Å²) in [5.74, 6) is -0.0704.